The predicted octanol–water partition coefficient (Wildman–Crippen LogP) is 23.3. The zero-order valence-corrected chi connectivity index (χ0v) is 72.0. The molecule has 21 rings (SSSR count). The molecule has 0 spiro atoms. The molecule has 22 heteroatoms. The highest BCUT2D eigenvalue weighted by molar-refractivity contribution is 5.81. The first-order valence-electron chi connectivity index (χ1n) is 42.2. The monoisotopic (exact) mass is 1700 g/mol. The van der Waals surface area contributed by atoms with Crippen LogP contribution in [0.3, 0.4) is 0 Å². The SMILES string of the molecule is Cc1nc(-c2ccc(-c3ccccc3)cc2)nc(-c2ccc(-c3cccnc3)cc2)n1.Cc1nc(-c2ccc(-c3cccnc3)cc2)nc(-c2cc(-c3ccccc3)cc(-c3ccccc3)c2)n1.Cc1nc(-c2ccccc2)nc(-c2ccncc2)n1.Cc1nc(-c2ccncc2)nc(-c2ccc(-c3cccnc3)cc2)n1.Cc1nc(-c2ccncc2)nc(-c2ccncc2)n1. The van der Waals surface area contributed by atoms with Gasteiger partial charge in [-0.25, -0.2) is 74.8 Å². The molecule has 22 nitrogen and oxygen atoms in total. The number of nitrogens with zero attached hydrogens (tertiary/aromatic N) is 22. The lowest BCUT2D eigenvalue weighted by atomic mass is 9.96. The molecule has 0 unspecified atom stereocenters. The molecule has 0 bridgehead atoms. The second-order valence-electron chi connectivity index (χ2n) is 29.9. The summed E-state index contributed by atoms with van der Waals surface area (Å²) in [6.07, 6.45) is 24.7. The molecular formula is C109H82N22. The van der Waals surface area contributed by atoms with Gasteiger partial charge in [-0.05, 0) is 186 Å². The summed E-state index contributed by atoms with van der Waals surface area (Å²) in [5.41, 5.74) is 23.0. The second-order valence-corrected chi connectivity index (χ2v) is 29.9. The summed E-state index contributed by atoms with van der Waals surface area (Å²) in [6.45, 7) is 9.42. The summed E-state index contributed by atoms with van der Waals surface area (Å²) in [5, 5.41) is 0. The molecule has 0 aliphatic rings. The first-order valence-corrected chi connectivity index (χ1v) is 42.2. The van der Waals surface area contributed by atoms with E-state index in [4.69, 9.17) is 15.0 Å². The van der Waals surface area contributed by atoms with Gasteiger partial charge in [0.1, 0.15) is 29.1 Å². The first-order chi connectivity index (χ1) is 64.4. The molecule has 9 aromatic carbocycles. The van der Waals surface area contributed by atoms with E-state index in [1.165, 1.54) is 11.1 Å². The Kier molecular flexibility index (Phi) is 27.1. The molecule has 21 aromatic rings. The third-order valence-corrected chi connectivity index (χ3v) is 20.6. The molecular weight excluding hydrogens is 1620 g/mol. The molecule has 12 heterocycles. The Labute approximate surface area is 757 Å². The van der Waals surface area contributed by atoms with E-state index in [0.29, 0.717) is 87.4 Å². The standard InChI is InChI=1S/C33H24N4.C27H20N4.C20H15N5.C15H12N4.C14H11N5/c1-23-35-32(27-16-14-26(15-17-27)28-13-8-18-34-22-28)37-33(36-23)31-20-29(24-9-4-2-5-10-24)19-30(21-31)25-11-6-3-7-12-25;1-19-29-26(23-13-9-21(10-14-23)20-6-3-2-4-7-20)31-27(30-19)24-15-11-22(12-16-24)25-8-5-17-28-18-25;1-14-23-19(25-20(24-14)17-8-11-21-12-9-17)16-6-4-15(5-7-16)18-3-2-10-22-13-18;1-11-17-14(12-5-3-2-4-6-12)19-15(18-11)13-7-9-16-10-8-13;1-10-17-13(11-2-6-15-7-3-11)19-14(18-10)12-4-8-16-9-5-12/h2-22H,1H3;2-18H,1H3;2-13H,1H3;2-10H,1H3;2-9H,1H3. The minimum Gasteiger partial charge on any atom is -0.265 e. The van der Waals surface area contributed by atoms with Crippen LogP contribution in [0.15, 0.2) is 408 Å². The van der Waals surface area contributed by atoms with Crippen LogP contribution in [0.5, 0.6) is 0 Å². The Bertz CT molecular complexity index is 6890. The van der Waals surface area contributed by atoms with E-state index in [-0.39, 0.29) is 0 Å². The van der Waals surface area contributed by atoms with Crippen LogP contribution in [0, 0.1) is 34.6 Å². The highest BCUT2D eigenvalue weighted by Gasteiger charge is 2.18. The molecule has 131 heavy (non-hydrogen) atoms. The van der Waals surface area contributed by atoms with Crippen LogP contribution in [-0.2, 0) is 0 Å². The lowest BCUT2D eigenvalue weighted by molar-refractivity contribution is 0.990. The van der Waals surface area contributed by atoms with Crippen LogP contribution in [0.4, 0.5) is 0 Å². The van der Waals surface area contributed by atoms with Crippen LogP contribution in [0.1, 0.15) is 29.1 Å². The normalized spacial score (nSPS) is 10.6. The smallest absolute Gasteiger partial charge is 0.163 e. The average molecular weight is 1700 g/mol. The Hall–Kier alpha value is -17.9. The van der Waals surface area contributed by atoms with E-state index >= 15 is 0 Å². The van der Waals surface area contributed by atoms with Crippen LogP contribution in [-0.4, -0.2) is 110 Å². The number of aryl methyl sites for hydroxylation is 5. The fraction of sp³-hybridized carbons (Fsp3) is 0.0459. The van der Waals surface area contributed by atoms with Gasteiger partial charge in [0.2, 0.25) is 0 Å². The predicted molar refractivity (Wildman–Crippen MR) is 514 cm³/mol. The van der Waals surface area contributed by atoms with Crippen LogP contribution >= 0.6 is 0 Å². The van der Waals surface area contributed by atoms with Gasteiger partial charge in [0.05, 0.1) is 0 Å². The third kappa shape index (κ3) is 22.4. The van der Waals surface area contributed by atoms with Gasteiger partial charge >= 0.3 is 0 Å². The zero-order chi connectivity index (χ0) is 89.3. The summed E-state index contributed by atoms with van der Waals surface area (Å²) in [5.74, 6) is 10.1. The fourth-order valence-corrected chi connectivity index (χ4v) is 14.1. The molecule has 0 saturated heterocycles. The van der Waals surface area contributed by atoms with Crippen molar-refractivity contribution in [3.8, 4) is 181 Å². The summed E-state index contributed by atoms with van der Waals surface area (Å²) in [7, 11) is 0. The van der Waals surface area contributed by atoms with Gasteiger partial charge < -0.3 is 0 Å². The summed E-state index contributed by atoms with van der Waals surface area (Å²) >= 11 is 0. The summed E-state index contributed by atoms with van der Waals surface area (Å²) in [6, 6.07) is 108. The minimum atomic E-state index is 0.654. The number of hydrogen-bond donors (Lipinski definition) is 0. The molecule has 0 atom stereocenters. The average Bonchev–Trinajstić information content (AvgIpc) is 0.783. The van der Waals surface area contributed by atoms with Gasteiger partial charge in [-0.1, -0.05) is 237 Å². The lowest BCUT2D eigenvalue weighted by Gasteiger charge is -2.12. The topological polar surface area (TPSA) is 284 Å². The van der Waals surface area contributed by atoms with Gasteiger partial charge in [-0.2, -0.15) is 0 Å². The molecule has 0 radical (unpaired) electrons. The minimum absolute atomic E-state index is 0.654. The molecule has 0 aliphatic heterocycles. The Balaban J connectivity index is 0.000000117. The van der Waals surface area contributed by atoms with Crippen LogP contribution in [0.25, 0.3) is 181 Å². The molecule has 0 aliphatic carbocycles. The van der Waals surface area contributed by atoms with E-state index in [1.54, 1.807) is 68.2 Å². The molecule has 12 aromatic heterocycles. The highest BCUT2D eigenvalue weighted by atomic mass is 15.1. The molecule has 0 fully saturated rings. The largest absolute Gasteiger partial charge is 0.265 e. The van der Waals surface area contributed by atoms with Crippen molar-refractivity contribution in [1.82, 2.24) is 110 Å². The number of rotatable bonds is 16. The molecule has 0 saturated carbocycles. The maximum atomic E-state index is 4.91. The highest BCUT2D eigenvalue weighted by Crippen LogP contribution is 2.35. The maximum absolute atomic E-state index is 4.91. The van der Waals surface area contributed by atoms with Crippen molar-refractivity contribution in [2.75, 3.05) is 0 Å². The van der Waals surface area contributed by atoms with Gasteiger partial charge in [0.25, 0.3) is 0 Å². The van der Waals surface area contributed by atoms with E-state index in [1.807, 2.05) is 217 Å². The zero-order valence-electron chi connectivity index (χ0n) is 72.0. The number of hydrogen-bond acceptors (Lipinski definition) is 22. The van der Waals surface area contributed by atoms with Crippen molar-refractivity contribution >= 4 is 0 Å². The van der Waals surface area contributed by atoms with Gasteiger partial charge in [-0.3, -0.25) is 34.9 Å². The lowest BCUT2D eigenvalue weighted by Crippen LogP contribution is -2.00. The van der Waals surface area contributed by atoms with Crippen molar-refractivity contribution in [2.45, 2.75) is 34.6 Å². The molecule has 628 valence electrons. The van der Waals surface area contributed by atoms with Crippen molar-refractivity contribution < 1.29 is 0 Å². The van der Waals surface area contributed by atoms with Gasteiger partial charge in [-0.15, -0.1) is 0 Å². The summed E-state index contributed by atoms with van der Waals surface area (Å²) in [4.78, 5) is 96.8. The Morgan fingerprint density at radius 2 is 0.275 bits per heavy atom. The third-order valence-electron chi connectivity index (χ3n) is 20.6. The first kappa shape index (κ1) is 85.3. The van der Waals surface area contributed by atoms with E-state index in [0.717, 1.165) is 111 Å². The summed E-state index contributed by atoms with van der Waals surface area (Å²) < 4.78 is 0. The van der Waals surface area contributed by atoms with Gasteiger partial charge in [0, 0.05) is 142 Å². The van der Waals surface area contributed by atoms with Crippen molar-refractivity contribution in [3.05, 3.63) is 437 Å². The number of aromatic nitrogens is 22. The van der Waals surface area contributed by atoms with Crippen molar-refractivity contribution in [1.29, 1.82) is 0 Å². The van der Waals surface area contributed by atoms with Crippen molar-refractivity contribution in [3.63, 3.8) is 0 Å². The van der Waals surface area contributed by atoms with E-state index in [9.17, 15) is 0 Å². The fourth-order valence-electron chi connectivity index (χ4n) is 14.1. The number of pyridine rings is 7. The van der Waals surface area contributed by atoms with Crippen LogP contribution in [0.2, 0.25) is 0 Å². The van der Waals surface area contributed by atoms with Crippen molar-refractivity contribution in [2.24, 2.45) is 0 Å². The second kappa shape index (κ2) is 41.7. The van der Waals surface area contributed by atoms with Crippen LogP contribution < -0.4 is 0 Å². The molecule has 0 amide bonds. The van der Waals surface area contributed by atoms with E-state index in [2.05, 4.69) is 252 Å². The van der Waals surface area contributed by atoms with E-state index < -0.39 is 0 Å². The maximum Gasteiger partial charge on any atom is 0.163 e. The number of benzene rings is 9. The Morgan fingerprint density at radius 1 is 0.115 bits per heavy atom. The van der Waals surface area contributed by atoms with Gasteiger partial charge in [0.15, 0.2) is 58.2 Å². The molecule has 0 N–H and O–H groups in total. The quantitative estimate of drug-likeness (QED) is 0.0868. The Morgan fingerprint density at radius 3 is 0.496 bits per heavy atom.